The summed E-state index contributed by atoms with van der Waals surface area (Å²) in [4.78, 5) is 24.9. The second kappa shape index (κ2) is 9.55. The zero-order valence-corrected chi connectivity index (χ0v) is 18.7. The van der Waals surface area contributed by atoms with E-state index in [2.05, 4.69) is 10.6 Å². The molecule has 176 valence electrons. The Balaban J connectivity index is 1.23. The van der Waals surface area contributed by atoms with Gasteiger partial charge in [-0.15, -0.1) is 0 Å². The molecule has 0 spiro atoms. The highest BCUT2D eigenvalue weighted by molar-refractivity contribution is 6.30. The van der Waals surface area contributed by atoms with Crippen molar-refractivity contribution in [2.24, 2.45) is 0 Å². The van der Waals surface area contributed by atoms with Crippen LogP contribution < -0.4 is 20.1 Å². The van der Waals surface area contributed by atoms with E-state index in [1.54, 1.807) is 24.3 Å². The Morgan fingerprint density at radius 1 is 0.758 bits per heavy atom. The van der Waals surface area contributed by atoms with Crippen molar-refractivity contribution in [1.29, 1.82) is 0 Å². The molecule has 33 heavy (non-hydrogen) atoms. The molecule has 2 N–H and O–H groups in total. The first-order valence-corrected chi connectivity index (χ1v) is 11.2. The predicted octanol–water partition coefficient (Wildman–Crippen LogP) is 4.15. The lowest BCUT2D eigenvalue weighted by Crippen LogP contribution is -2.64. The van der Waals surface area contributed by atoms with Crippen LogP contribution >= 0.6 is 11.6 Å². The van der Waals surface area contributed by atoms with Gasteiger partial charge >= 0.3 is 0 Å². The summed E-state index contributed by atoms with van der Waals surface area (Å²) in [5.41, 5.74) is -0.615. The number of fused-ring (bicyclic) bond motifs is 3. The molecule has 6 nitrogen and oxygen atoms in total. The maximum absolute atomic E-state index is 13.3. The summed E-state index contributed by atoms with van der Waals surface area (Å²) in [6.45, 7) is -0.358. The van der Waals surface area contributed by atoms with Gasteiger partial charge in [-0.25, -0.2) is 8.78 Å². The molecular formula is C24H25ClF2N2O4. The molecule has 0 atom stereocenters. The van der Waals surface area contributed by atoms with Gasteiger partial charge in [0.05, 0.1) is 0 Å². The van der Waals surface area contributed by atoms with Crippen molar-refractivity contribution in [2.75, 3.05) is 13.2 Å². The third-order valence-corrected chi connectivity index (χ3v) is 6.75. The molecule has 9 heteroatoms. The van der Waals surface area contributed by atoms with E-state index >= 15 is 0 Å². The number of carbonyl (C=O) groups excluding carboxylic acids is 2. The van der Waals surface area contributed by atoms with Gasteiger partial charge in [-0.1, -0.05) is 11.6 Å². The Labute approximate surface area is 195 Å². The van der Waals surface area contributed by atoms with E-state index in [1.165, 1.54) is 6.07 Å². The van der Waals surface area contributed by atoms with Gasteiger partial charge in [0.2, 0.25) is 0 Å². The number of amides is 2. The van der Waals surface area contributed by atoms with Gasteiger partial charge in [0.15, 0.2) is 24.8 Å². The quantitative estimate of drug-likeness (QED) is 0.597. The number of ether oxygens (including phenoxy) is 2. The highest BCUT2D eigenvalue weighted by Crippen LogP contribution is 2.46. The fourth-order valence-electron chi connectivity index (χ4n) is 4.62. The van der Waals surface area contributed by atoms with Gasteiger partial charge in [0, 0.05) is 22.2 Å². The number of hydrogen-bond donors (Lipinski definition) is 2. The van der Waals surface area contributed by atoms with Crippen molar-refractivity contribution in [3.05, 3.63) is 59.1 Å². The zero-order chi connectivity index (χ0) is 23.5. The molecule has 0 aliphatic heterocycles. The summed E-state index contributed by atoms with van der Waals surface area (Å²) in [5.74, 6) is -1.81. The molecule has 2 aromatic rings. The third-order valence-electron chi connectivity index (χ3n) is 6.50. The molecule has 3 fully saturated rings. The summed E-state index contributed by atoms with van der Waals surface area (Å²) in [6, 6.07) is 9.97. The van der Waals surface area contributed by atoms with Crippen molar-refractivity contribution >= 4 is 23.4 Å². The molecular weight excluding hydrogens is 454 g/mol. The molecule has 3 aliphatic carbocycles. The van der Waals surface area contributed by atoms with E-state index in [1.807, 2.05) is 0 Å². The molecule has 0 aromatic heterocycles. The minimum atomic E-state index is -1.02. The Hall–Kier alpha value is -2.87. The van der Waals surface area contributed by atoms with Crippen LogP contribution in [0.2, 0.25) is 5.02 Å². The molecule has 0 saturated heterocycles. The maximum atomic E-state index is 13.3. The molecule has 2 bridgehead atoms. The van der Waals surface area contributed by atoms with E-state index in [0.29, 0.717) is 10.8 Å². The average Bonchev–Trinajstić information content (AvgIpc) is 2.81. The highest BCUT2D eigenvalue weighted by atomic mass is 35.5. The lowest BCUT2D eigenvalue weighted by Gasteiger charge is -2.53. The number of nitrogens with one attached hydrogen (secondary N) is 2. The van der Waals surface area contributed by atoms with Gasteiger partial charge < -0.3 is 20.1 Å². The van der Waals surface area contributed by atoms with E-state index < -0.39 is 11.6 Å². The molecule has 3 aliphatic rings. The number of halogens is 3. The number of rotatable bonds is 8. The topological polar surface area (TPSA) is 76.7 Å². The minimum Gasteiger partial charge on any atom is -0.484 e. The monoisotopic (exact) mass is 478 g/mol. The van der Waals surface area contributed by atoms with Gasteiger partial charge in [-0.2, -0.15) is 0 Å². The van der Waals surface area contributed by atoms with E-state index in [9.17, 15) is 18.4 Å². The summed E-state index contributed by atoms with van der Waals surface area (Å²) in [7, 11) is 0. The van der Waals surface area contributed by atoms with Crippen molar-refractivity contribution in [3.63, 3.8) is 0 Å². The maximum Gasteiger partial charge on any atom is 0.258 e. The number of benzene rings is 2. The molecule has 2 amide bonds. The standard InChI is InChI=1S/C24H25ClF2N2O4/c25-16-1-3-17(4-2-16)32-14-21(30)28-23-7-10-24(11-8-23,12-9-23)29-22(31)15-33-18-5-6-19(26)20(27)13-18/h1-6,13H,7-12,14-15H2,(H,28,30)(H,29,31). The van der Waals surface area contributed by atoms with Crippen LogP contribution in [0.5, 0.6) is 11.5 Å². The van der Waals surface area contributed by atoms with E-state index in [0.717, 1.165) is 50.7 Å². The van der Waals surface area contributed by atoms with Gasteiger partial charge in [0.1, 0.15) is 11.5 Å². The normalized spacial score (nSPS) is 23.6. The fraction of sp³-hybridized carbons (Fsp3) is 0.417. The van der Waals surface area contributed by atoms with Crippen molar-refractivity contribution < 1.29 is 27.8 Å². The van der Waals surface area contributed by atoms with Crippen LogP contribution in [0.4, 0.5) is 8.78 Å². The van der Waals surface area contributed by atoms with E-state index in [4.69, 9.17) is 21.1 Å². The zero-order valence-electron chi connectivity index (χ0n) is 18.0. The Morgan fingerprint density at radius 3 is 1.70 bits per heavy atom. The van der Waals surface area contributed by atoms with Crippen molar-refractivity contribution in [3.8, 4) is 11.5 Å². The van der Waals surface area contributed by atoms with Crippen LogP contribution in [0.3, 0.4) is 0 Å². The SMILES string of the molecule is O=C(COc1ccc(Cl)cc1)NC12CCC(NC(=O)COc3ccc(F)c(F)c3)(CC1)CC2. The Bertz CT molecular complexity index is 1010. The van der Waals surface area contributed by atoms with Crippen LogP contribution in [0.25, 0.3) is 0 Å². The number of hydrogen-bond acceptors (Lipinski definition) is 4. The van der Waals surface area contributed by atoms with Crippen LogP contribution in [-0.2, 0) is 9.59 Å². The lowest BCUT2D eigenvalue weighted by molar-refractivity contribution is -0.130. The minimum absolute atomic E-state index is 0.0768. The second-order valence-corrected chi connectivity index (χ2v) is 9.20. The summed E-state index contributed by atoms with van der Waals surface area (Å²) < 4.78 is 37.1. The lowest BCUT2D eigenvalue weighted by atomic mass is 9.61. The van der Waals surface area contributed by atoms with Crippen LogP contribution in [0.1, 0.15) is 38.5 Å². The van der Waals surface area contributed by atoms with E-state index in [-0.39, 0.29) is 41.9 Å². The summed E-state index contributed by atoms with van der Waals surface area (Å²) >= 11 is 5.85. The molecule has 0 heterocycles. The van der Waals surface area contributed by atoms with Gasteiger partial charge in [0.25, 0.3) is 11.8 Å². The van der Waals surface area contributed by atoms with Gasteiger partial charge in [-0.05, 0) is 74.9 Å². The smallest absolute Gasteiger partial charge is 0.258 e. The molecule has 0 unspecified atom stereocenters. The second-order valence-electron chi connectivity index (χ2n) is 8.76. The average molecular weight is 479 g/mol. The largest absolute Gasteiger partial charge is 0.484 e. The first kappa shape index (κ1) is 23.3. The third kappa shape index (κ3) is 5.74. The Morgan fingerprint density at radius 2 is 1.21 bits per heavy atom. The fourth-order valence-corrected chi connectivity index (χ4v) is 4.75. The van der Waals surface area contributed by atoms with Crippen LogP contribution in [0.15, 0.2) is 42.5 Å². The predicted molar refractivity (Wildman–Crippen MR) is 118 cm³/mol. The van der Waals surface area contributed by atoms with Crippen molar-refractivity contribution in [2.45, 2.75) is 49.6 Å². The number of carbonyl (C=O) groups is 2. The first-order chi connectivity index (χ1) is 15.8. The summed E-state index contributed by atoms with van der Waals surface area (Å²) in [5, 5.41) is 6.79. The Kier molecular flexibility index (Phi) is 6.74. The van der Waals surface area contributed by atoms with Crippen LogP contribution in [0, 0.1) is 11.6 Å². The first-order valence-electron chi connectivity index (χ1n) is 10.8. The highest BCUT2D eigenvalue weighted by Gasteiger charge is 2.49. The molecule has 3 saturated carbocycles. The molecule has 5 rings (SSSR count). The van der Waals surface area contributed by atoms with Gasteiger partial charge in [-0.3, -0.25) is 9.59 Å². The molecule has 0 radical (unpaired) electrons. The van der Waals surface area contributed by atoms with Crippen LogP contribution in [-0.4, -0.2) is 36.1 Å². The molecule has 2 aromatic carbocycles. The van der Waals surface area contributed by atoms with Crippen molar-refractivity contribution in [1.82, 2.24) is 10.6 Å². The summed E-state index contributed by atoms with van der Waals surface area (Å²) in [6.07, 6.45) is 4.48.